The van der Waals surface area contributed by atoms with E-state index in [-0.39, 0.29) is 5.91 Å². The topological polar surface area (TPSA) is 86.5 Å². The molecular weight excluding hydrogens is 414 g/mol. The molecule has 1 amide bonds. The van der Waals surface area contributed by atoms with E-state index in [0.717, 1.165) is 27.4 Å². The van der Waals surface area contributed by atoms with Gasteiger partial charge in [-0.05, 0) is 65.4 Å². The molecule has 0 atom stereocenters. The van der Waals surface area contributed by atoms with Crippen LogP contribution in [0.5, 0.6) is 17.2 Å². The molecule has 5 aromatic rings. The van der Waals surface area contributed by atoms with Crippen LogP contribution in [-0.4, -0.2) is 18.0 Å². The normalized spacial score (nSPS) is 10.8. The molecule has 162 valence electrons. The zero-order valence-corrected chi connectivity index (χ0v) is 17.9. The summed E-state index contributed by atoms with van der Waals surface area (Å²) in [5, 5.41) is 5.48. The number of methoxy groups -OCH3 is 1. The lowest BCUT2D eigenvalue weighted by Gasteiger charge is -2.12. The van der Waals surface area contributed by atoms with Gasteiger partial charge in [0.05, 0.1) is 24.0 Å². The number of fused-ring (bicyclic) bond motifs is 2. The largest absolute Gasteiger partial charge is 0.497 e. The van der Waals surface area contributed by atoms with Crippen molar-refractivity contribution >= 4 is 39.0 Å². The van der Waals surface area contributed by atoms with Crippen molar-refractivity contribution in [1.29, 1.82) is 0 Å². The van der Waals surface area contributed by atoms with Crippen LogP contribution in [0.2, 0.25) is 0 Å². The molecule has 1 aromatic heterocycles. The maximum absolute atomic E-state index is 12.9. The molecule has 0 saturated heterocycles. The van der Waals surface area contributed by atoms with Gasteiger partial charge in [-0.25, -0.2) is 0 Å². The summed E-state index contributed by atoms with van der Waals surface area (Å²) in [5.41, 5.74) is 8.41. The smallest absolute Gasteiger partial charge is 0.256 e. The first kappa shape index (κ1) is 20.3. The molecule has 1 heterocycles. The van der Waals surface area contributed by atoms with Gasteiger partial charge in [-0.2, -0.15) is 0 Å². The molecule has 0 bridgehead atoms. The molecule has 6 nitrogen and oxygen atoms in total. The third kappa shape index (κ3) is 4.02. The van der Waals surface area contributed by atoms with E-state index in [1.54, 1.807) is 31.5 Å². The maximum atomic E-state index is 12.9. The fourth-order valence-electron chi connectivity index (χ4n) is 3.77. The zero-order valence-electron chi connectivity index (χ0n) is 17.9. The summed E-state index contributed by atoms with van der Waals surface area (Å²) in [6.07, 6.45) is 1.70. The number of nitrogens with one attached hydrogen (secondary N) is 1. The van der Waals surface area contributed by atoms with Crippen molar-refractivity contribution in [2.45, 2.75) is 0 Å². The average Bonchev–Trinajstić information content (AvgIpc) is 2.84. The number of amides is 1. The SMILES string of the molecule is COc1ccc2c(Oc3ccc4c(C(=O)Nc5ccccc5N)cccc4c3)ccnc2c1. The molecule has 33 heavy (non-hydrogen) atoms. The van der Waals surface area contributed by atoms with Gasteiger partial charge >= 0.3 is 0 Å². The fourth-order valence-corrected chi connectivity index (χ4v) is 3.77. The van der Waals surface area contributed by atoms with E-state index in [4.69, 9.17) is 15.2 Å². The van der Waals surface area contributed by atoms with E-state index in [9.17, 15) is 4.79 Å². The minimum absolute atomic E-state index is 0.221. The highest BCUT2D eigenvalue weighted by atomic mass is 16.5. The summed E-state index contributed by atoms with van der Waals surface area (Å²) in [5.74, 6) is 1.87. The van der Waals surface area contributed by atoms with E-state index >= 15 is 0 Å². The zero-order chi connectivity index (χ0) is 22.8. The molecule has 4 aromatic carbocycles. The number of anilines is 2. The van der Waals surface area contributed by atoms with Crippen LogP contribution in [0.1, 0.15) is 10.4 Å². The Hall–Kier alpha value is -4.58. The number of ether oxygens (including phenoxy) is 2. The highest BCUT2D eigenvalue weighted by Gasteiger charge is 2.13. The Kier molecular flexibility index (Phi) is 5.24. The monoisotopic (exact) mass is 435 g/mol. The third-order valence-corrected chi connectivity index (χ3v) is 5.44. The first-order valence-corrected chi connectivity index (χ1v) is 10.4. The van der Waals surface area contributed by atoms with Gasteiger partial charge in [0.25, 0.3) is 5.91 Å². The van der Waals surface area contributed by atoms with Crippen molar-refractivity contribution in [3.8, 4) is 17.2 Å². The summed E-state index contributed by atoms with van der Waals surface area (Å²) in [6, 6.07) is 25.9. The van der Waals surface area contributed by atoms with Crippen LogP contribution in [0.25, 0.3) is 21.7 Å². The summed E-state index contributed by atoms with van der Waals surface area (Å²) < 4.78 is 11.5. The van der Waals surface area contributed by atoms with Crippen LogP contribution in [0.15, 0.2) is 91.1 Å². The Bertz CT molecular complexity index is 1500. The second-order valence-electron chi connectivity index (χ2n) is 7.52. The van der Waals surface area contributed by atoms with Crippen LogP contribution >= 0.6 is 0 Å². The number of pyridine rings is 1. The van der Waals surface area contributed by atoms with Gasteiger partial charge in [0, 0.05) is 23.2 Å². The predicted octanol–water partition coefficient (Wildman–Crippen LogP) is 6.02. The van der Waals surface area contributed by atoms with Crippen LogP contribution in [0.4, 0.5) is 11.4 Å². The molecule has 0 aliphatic carbocycles. The lowest BCUT2D eigenvalue weighted by Crippen LogP contribution is -2.13. The summed E-state index contributed by atoms with van der Waals surface area (Å²) in [7, 11) is 1.62. The Labute approximate surface area is 190 Å². The molecule has 0 spiro atoms. The number of nitrogens with zero attached hydrogens (tertiary/aromatic N) is 1. The molecule has 0 saturated carbocycles. The Morgan fingerprint density at radius 2 is 1.70 bits per heavy atom. The lowest BCUT2D eigenvalue weighted by molar-refractivity contribution is 0.102. The van der Waals surface area contributed by atoms with Crippen molar-refractivity contribution in [2.24, 2.45) is 0 Å². The van der Waals surface area contributed by atoms with Crippen LogP contribution < -0.4 is 20.5 Å². The first-order valence-electron chi connectivity index (χ1n) is 10.4. The van der Waals surface area contributed by atoms with Gasteiger partial charge in [-0.1, -0.05) is 24.3 Å². The van der Waals surface area contributed by atoms with Crippen molar-refractivity contribution in [3.63, 3.8) is 0 Å². The van der Waals surface area contributed by atoms with Crippen LogP contribution in [-0.2, 0) is 0 Å². The van der Waals surface area contributed by atoms with Gasteiger partial charge in [-0.15, -0.1) is 0 Å². The summed E-state index contributed by atoms with van der Waals surface area (Å²) >= 11 is 0. The molecule has 5 rings (SSSR count). The number of benzene rings is 4. The minimum atomic E-state index is -0.221. The van der Waals surface area contributed by atoms with Crippen molar-refractivity contribution in [3.05, 3.63) is 96.7 Å². The highest BCUT2D eigenvalue weighted by Crippen LogP contribution is 2.33. The number of rotatable bonds is 5. The molecule has 0 aliphatic heterocycles. The highest BCUT2D eigenvalue weighted by molar-refractivity contribution is 6.13. The van der Waals surface area contributed by atoms with E-state index in [2.05, 4.69) is 10.3 Å². The standard InChI is InChI=1S/C27H21N3O3/c1-32-18-9-12-22-25(16-18)29-14-13-26(22)33-19-10-11-20-17(15-19)5-4-6-21(20)27(31)30-24-8-3-2-7-23(24)28/h2-16H,28H2,1H3,(H,30,31). The molecule has 0 fully saturated rings. The van der Waals surface area contributed by atoms with Gasteiger partial charge < -0.3 is 20.5 Å². The van der Waals surface area contributed by atoms with Gasteiger partial charge in [-0.3, -0.25) is 9.78 Å². The van der Waals surface area contributed by atoms with Gasteiger partial charge in [0.1, 0.15) is 17.2 Å². The third-order valence-electron chi connectivity index (χ3n) is 5.44. The number of hydrogen-bond donors (Lipinski definition) is 2. The van der Waals surface area contributed by atoms with E-state index in [1.807, 2.05) is 66.7 Å². The van der Waals surface area contributed by atoms with Gasteiger partial charge in [0.2, 0.25) is 0 Å². The predicted molar refractivity (Wildman–Crippen MR) is 131 cm³/mol. The number of nitrogen functional groups attached to an aromatic ring is 1. The number of aromatic nitrogens is 1. The summed E-state index contributed by atoms with van der Waals surface area (Å²) in [4.78, 5) is 17.3. The molecule has 0 aliphatic rings. The lowest BCUT2D eigenvalue weighted by atomic mass is 10.0. The Morgan fingerprint density at radius 3 is 2.55 bits per heavy atom. The summed E-state index contributed by atoms with van der Waals surface area (Å²) in [6.45, 7) is 0. The molecule has 3 N–H and O–H groups in total. The average molecular weight is 435 g/mol. The molecule has 6 heteroatoms. The van der Waals surface area contributed by atoms with Crippen molar-refractivity contribution in [2.75, 3.05) is 18.2 Å². The molecule has 0 radical (unpaired) electrons. The number of hydrogen-bond acceptors (Lipinski definition) is 5. The van der Waals surface area contributed by atoms with E-state index in [1.165, 1.54) is 0 Å². The molecule has 0 unspecified atom stereocenters. The quantitative estimate of drug-likeness (QED) is 0.330. The number of para-hydroxylation sites is 2. The maximum Gasteiger partial charge on any atom is 0.256 e. The number of carbonyl (C=O) groups is 1. The van der Waals surface area contributed by atoms with Crippen LogP contribution in [0, 0.1) is 0 Å². The Balaban J connectivity index is 1.46. The number of nitrogens with two attached hydrogens (primary N) is 1. The van der Waals surface area contributed by atoms with E-state index in [0.29, 0.717) is 28.4 Å². The number of carbonyl (C=O) groups excluding carboxylic acids is 1. The second-order valence-corrected chi connectivity index (χ2v) is 7.52. The second kappa shape index (κ2) is 8.51. The fraction of sp³-hybridized carbons (Fsp3) is 0.0370. The minimum Gasteiger partial charge on any atom is -0.497 e. The Morgan fingerprint density at radius 1 is 0.879 bits per heavy atom. The van der Waals surface area contributed by atoms with Crippen LogP contribution in [0.3, 0.4) is 0 Å². The molecular formula is C27H21N3O3. The van der Waals surface area contributed by atoms with Gasteiger partial charge in [0.15, 0.2) is 0 Å². The van der Waals surface area contributed by atoms with E-state index < -0.39 is 0 Å². The van der Waals surface area contributed by atoms with Crippen molar-refractivity contribution in [1.82, 2.24) is 4.98 Å². The first-order chi connectivity index (χ1) is 16.1. The van der Waals surface area contributed by atoms with Crippen molar-refractivity contribution < 1.29 is 14.3 Å².